The second kappa shape index (κ2) is 8.32. The monoisotopic (exact) mass is 345 g/mol. The Morgan fingerprint density at radius 1 is 1.20 bits per heavy atom. The Labute approximate surface area is 146 Å². The van der Waals surface area contributed by atoms with E-state index in [-0.39, 0.29) is 18.9 Å². The summed E-state index contributed by atoms with van der Waals surface area (Å²) in [5.41, 5.74) is 3.48. The van der Waals surface area contributed by atoms with Crippen molar-refractivity contribution in [3.05, 3.63) is 46.8 Å². The highest BCUT2D eigenvalue weighted by Gasteiger charge is 2.15. The van der Waals surface area contributed by atoms with Gasteiger partial charge in [0.1, 0.15) is 5.75 Å². The zero-order valence-electron chi connectivity index (χ0n) is 15.0. The number of aromatic nitrogens is 2. The molecular formula is C18H23N3O4. The van der Waals surface area contributed by atoms with E-state index >= 15 is 0 Å². The molecule has 2 rings (SSSR count). The molecule has 1 amide bonds. The van der Waals surface area contributed by atoms with Gasteiger partial charge in [0.2, 0.25) is 0 Å². The number of carbonyl (C=O) groups excluding carboxylic acids is 2. The smallest absolute Gasteiger partial charge is 0.310 e. The first-order chi connectivity index (χ1) is 11.9. The van der Waals surface area contributed by atoms with Crippen LogP contribution in [0.4, 0.5) is 0 Å². The van der Waals surface area contributed by atoms with E-state index in [9.17, 15) is 9.59 Å². The van der Waals surface area contributed by atoms with Gasteiger partial charge in [-0.15, -0.1) is 0 Å². The maximum atomic E-state index is 11.9. The van der Waals surface area contributed by atoms with Crippen LogP contribution in [0.3, 0.4) is 0 Å². The second-order valence-corrected chi connectivity index (χ2v) is 5.74. The van der Waals surface area contributed by atoms with Gasteiger partial charge in [0.25, 0.3) is 5.91 Å². The lowest BCUT2D eigenvalue weighted by molar-refractivity contribution is -0.147. The van der Waals surface area contributed by atoms with Gasteiger partial charge >= 0.3 is 5.97 Å². The first-order valence-corrected chi connectivity index (χ1v) is 7.95. The topological polar surface area (TPSA) is 82.4 Å². The lowest BCUT2D eigenvalue weighted by Crippen LogP contribution is -2.28. The number of amides is 1. The van der Waals surface area contributed by atoms with Gasteiger partial charge in [-0.25, -0.2) is 0 Å². The summed E-state index contributed by atoms with van der Waals surface area (Å²) in [6.45, 7) is 3.80. The fourth-order valence-corrected chi connectivity index (χ4v) is 2.41. The minimum atomic E-state index is -0.446. The molecule has 0 saturated carbocycles. The molecule has 0 saturated heterocycles. The number of nitrogens with one attached hydrogen (secondary N) is 1. The first-order valence-electron chi connectivity index (χ1n) is 7.95. The molecule has 0 atom stereocenters. The van der Waals surface area contributed by atoms with E-state index in [1.54, 1.807) is 11.8 Å². The summed E-state index contributed by atoms with van der Waals surface area (Å²) in [6, 6.07) is 7.36. The second-order valence-electron chi connectivity index (χ2n) is 5.74. The average molecular weight is 345 g/mol. The van der Waals surface area contributed by atoms with E-state index in [1.165, 1.54) is 0 Å². The van der Waals surface area contributed by atoms with Gasteiger partial charge in [-0.2, -0.15) is 5.10 Å². The van der Waals surface area contributed by atoms with Crippen molar-refractivity contribution in [3.8, 4) is 5.75 Å². The summed E-state index contributed by atoms with van der Waals surface area (Å²) >= 11 is 0. The summed E-state index contributed by atoms with van der Waals surface area (Å²) in [4.78, 5) is 23.7. The minimum Gasteiger partial charge on any atom is -0.497 e. The molecule has 0 unspecified atom stereocenters. The van der Waals surface area contributed by atoms with E-state index < -0.39 is 5.97 Å². The van der Waals surface area contributed by atoms with Crippen LogP contribution >= 0.6 is 0 Å². The van der Waals surface area contributed by atoms with Crippen molar-refractivity contribution in [1.29, 1.82) is 0 Å². The average Bonchev–Trinajstić information content (AvgIpc) is 2.84. The summed E-state index contributed by atoms with van der Waals surface area (Å²) in [7, 11) is 3.42. The molecule has 0 aliphatic heterocycles. The molecule has 0 spiro atoms. The van der Waals surface area contributed by atoms with Gasteiger partial charge in [0, 0.05) is 24.8 Å². The van der Waals surface area contributed by atoms with Crippen LogP contribution < -0.4 is 10.1 Å². The fraction of sp³-hybridized carbons (Fsp3) is 0.389. The molecule has 1 N–H and O–H groups in total. The predicted octanol–water partition coefficient (Wildman–Crippen LogP) is 1.45. The largest absolute Gasteiger partial charge is 0.497 e. The Balaban J connectivity index is 1.76. The third-order valence-corrected chi connectivity index (χ3v) is 3.99. The molecule has 0 bridgehead atoms. The Morgan fingerprint density at radius 2 is 1.88 bits per heavy atom. The van der Waals surface area contributed by atoms with Crippen LogP contribution in [0.2, 0.25) is 0 Å². The number of hydrogen-bond donors (Lipinski definition) is 1. The molecule has 134 valence electrons. The Kier molecular flexibility index (Phi) is 6.16. The van der Waals surface area contributed by atoms with Crippen molar-refractivity contribution in [1.82, 2.24) is 15.1 Å². The van der Waals surface area contributed by atoms with Crippen LogP contribution in [0, 0.1) is 13.8 Å². The maximum Gasteiger partial charge on any atom is 0.310 e. The van der Waals surface area contributed by atoms with Crippen molar-refractivity contribution in [2.45, 2.75) is 26.8 Å². The highest BCUT2D eigenvalue weighted by atomic mass is 16.5. The lowest BCUT2D eigenvalue weighted by Gasteiger charge is -2.08. The van der Waals surface area contributed by atoms with Crippen LogP contribution in [0.15, 0.2) is 24.3 Å². The molecule has 2 aromatic rings. The molecule has 1 aromatic carbocycles. The van der Waals surface area contributed by atoms with Crippen LogP contribution in [-0.2, 0) is 34.3 Å². The molecule has 1 heterocycles. The van der Waals surface area contributed by atoms with E-state index in [2.05, 4.69) is 10.4 Å². The highest BCUT2D eigenvalue weighted by molar-refractivity contribution is 5.81. The predicted molar refractivity (Wildman–Crippen MR) is 92.2 cm³/mol. The quantitative estimate of drug-likeness (QED) is 0.768. The number of rotatable bonds is 7. The van der Waals surface area contributed by atoms with Crippen molar-refractivity contribution >= 4 is 11.9 Å². The third-order valence-electron chi connectivity index (χ3n) is 3.99. The first kappa shape index (κ1) is 18.5. The molecule has 25 heavy (non-hydrogen) atoms. The van der Waals surface area contributed by atoms with Gasteiger partial charge in [0.15, 0.2) is 6.61 Å². The summed E-state index contributed by atoms with van der Waals surface area (Å²) in [5, 5.41) is 6.96. The van der Waals surface area contributed by atoms with Gasteiger partial charge < -0.3 is 14.8 Å². The van der Waals surface area contributed by atoms with Crippen molar-refractivity contribution in [3.63, 3.8) is 0 Å². The minimum absolute atomic E-state index is 0.108. The molecule has 1 aromatic heterocycles. The van der Waals surface area contributed by atoms with Crippen molar-refractivity contribution < 1.29 is 19.1 Å². The van der Waals surface area contributed by atoms with E-state index in [0.717, 1.165) is 28.3 Å². The number of esters is 1. The highest BCUT2D eigenvalue weighted by Crippen LogP contribution is 2.13. The molecule has 7 nitrogen and oxygen atoms in total. The number of nitrogens with zero attached hydrogens (tertiary/aromatic N) is 2. The standard InChI is InChI=1S/C18H23N3O4/c1-12-16(13(2)21(3)20-12)9-18(23)25-11-17(22)19-10-14-5-7-15(24-4)8-6-14/h5-8H,9-11H2,1-4H3,(H,19,22). The van der Waals surface area contributed by atoms with E-state index in [1.807, 2.05) is 45.2 Å². The number of carbonyl (C=O) groups is 2. The van der Waals surface area contributed by atoms with Crippen LogP contribution in [0.1, 0.15) is 22.5 Å². The molecule has 0 fully saturated rings. The van der Waals surface area contributed by atoms with E-state index in [4.69, 9.17) is 9.47 Å². The van der Waals surface area contributed by atoms with Gasteiger partial charge in [-0.05, 0) is 31.5 Å². The maximum absolute atomic E-state index is 11.9. The van der Waals surface area contributed by atoms with Crippen LogP contribution in [-0.4, -0.2) is 35.4 Å². The van der Waals surface area contributed by atoms with E-state index in [0.29, 0.717) is 6.54 Å². The normalized spacial score (nSPS) is 10.4. The fourth-order valence-electron chi connectivity index (χ4n) is 2.41. The van der Waals surface area contributed by atoms with Crippen molar-refractivity contribution in [2.75, 3.05) is 13.7 Å². The number of ether oxygens (including phenoxy) is 2. The number of benzene rings is 1. The van der Waals surface area contributed by atoms with Crippen LogP contribution in [0.25, 0.3) is 0 Å². The molecular weight excluding hydrogens is 322 g/mol. The zero-order valence-corrected chi connectivity index (χ0v) is 15.0. The Morgan fingerprint density at radius 3 is 2.44 bits per heavy atom. The zero-order chi connectivity index (χ0) is 18.4. The number of hydrogen-bond acceptors (Lipinski definition) is 5. The summed E-state index contributed by atoms with van der Waals surface area (Å²) < 4.78 is 11.8. The molecule has 0 aliphatic rings. The lowest BCUT2D eigenvalue weighted by atomic mass is 10.1. The Hall–Kier alpha value is -2.83. The van der Waals surface area contributed by atoms with Crippen LogP contribution in [0.5, 0.6) is 5.75 Å². The molecule has 7 heteroatoms. The van der Waals surface area contributed by atoms with Crippen molar-refractivity contribution in [2.24, 2.45) is 7.05 Å². The number of aryl methyl sites for hydroxylation is 2. The van der Waals surface area contributed by atoms with Gasteiger partial charge in [-0.1, -0.05) is 12.1 Å². The summed E-state index contributed by atoms with van der Waals surface area (Å²) in [6.07, 6.45) is 0.108. The van der Waals surface area contributed by atoms with Gasteiger partial charge in [0.05, 0.1) is 19.2 Å². The Bertz CT molecular complexity index is 750. The molecule has 0 radical (unpaired) electrons. The number of methoxy groups -OCH3 is 1. The third kappa shape index (κ3) is 5.07. The SMILES string of the molecule is COc1ccc(CNC(=O)COC(=O)Cc2c(C)nn(C)c2C)cc1. The summed E-state index contributed by atoms with van der Waals surface area (Å²) in [5.74, 6) is -0.0346. The van der Waals surface area contributed by atoms with Gasteiger partial charge in [-0.3, -0.25) is 14.3 Å². The molecule has 0 aliphatic carbocycles.